The fraction of sp³-hybridized carbons (Fsp3) is 0.882. The van der Waals surface area contributed by atoms with Crippen LogP contribution in [-0.2, 0) is 9.59 Å². The van der Waals surface area contributed by atoms with E-state index in [2.05, 4.69) is 26.1 Å². The van der Waals surface area contributed by atoms with E-state index >= 15 is 0 Å². The number of carbonyl (C=O) groups is 2. The van der Waals surface area contributed by atoms with Gasteiger partial charge in [0.05, 0.1) is 6.04 Å². The third-order valence-electron chi connectivity index (χ3n) is 3.35. The first-order valence-corrected chi connectivity index (χ1v) is 7.75. The second kappa shape index (κ2) is 7.80. The molecule has 1 N–H and O–H groups in total. The van der Waals surface area contributed by atoms with E-state index in [4.69, 9.17) is 0 Å². The molecule has 0 spiro atoms. The van der Waals surface area contributed by atoms with Gasteiger partial charge in [-0.25, -0.2) is 0 Å². The minimum atomic E-state index is -0.404. The molecule has 20 heavy (non-hydrogen) atoms. The second-order valence-corrected chi connectivity index (χ2v) is 8.03. The average Bonchev–Trinajstić information content (AvgIpc) is 2.22. The van der Waals surface area contributed by atoms with E-state index in [-0.39, 0.29) is 17.7 Å². The second-order valence-electron chi connectivity index (χ2n) is 8.03. The third kappa shape index (κ3) is 9.11. The van der Waals surface area contributed by atoms with E-state index in [1.165, 1.54) is 19.8 Å². The van der Waals surface area contributed by atoms with Crippen molar-refractivity contribution in [3.05, 3.63) is 0 Å². The van der Waals surface area contributed by atoms with Gasteiger partial charge in [-0.3, -0.25) is 9.59 Å². The molecule has 1 amide bonds. The molecular formula is C17H33NO2. The molecule has 118 valence electrons. The van der Waals surface area contributed by atoms with Crippen LogP contribution in [0.3, 0.4) is 0 Å². The fourth-order valence-electron chi connectivity index (χ4n) is 2.22. The van der Waals surface area contributed by atoms with Gasteiger partial charge in [-0.05, 0) is 18.3 Å². The first kappa shape index (κ1) is 19.1. The van der Waals surface area contributed by atoms with Crippen LogP contribution in [0.1, 0.15) is 80.6 Å². The Hall–Kier alpha value is -0.860. The molecule has 0 saturated heterocycles. The van der Waals surface area contributed by atoms with Crippen LogP contribution in [0.5, 0.6) is 0 Å². The Morgan fingerprint density at radius 2 is 1.50 bits per heavy atom. The van der Waals surface area contributed by atoms with Crippen LogP contribution in [-0.4, -0.2) is 17.7 Å². The van der Waals surface area contributed by atoms with E-state index < -0.39 is 5.41 Å². The summed E-state index contributed by atoms with van der Waals surface area (Å²) in [5.41, 5.74) is -0.0310. The lowest BCUT2D eigenvalue weighted by molar-refractivity contribution is -0.132. The maximum atomic E-state index is 12.3. The SMILES string of the molecule is CC(=O)NC(CCCCCC(C)(C)C)C(=O)C(C)(C)C. The summed E-state index contributed by atoms with van der Waals surface area (Å²) in [6.07, 6.45) is 5.23. The minimum absolute atomic E-state index is 0.123. The highest BCUT2D eigenvalue weighted by atomic mass is 16.2. The highest BCUT2D eigenvalue weighted by molar-refractivity contribution is 5.91. The minimum Gasteiger partial charge on any atom is -0.347 e. The predicted octanol–water partition coefficient (Wildman–Crippen LogP) is 4.10. The number of amides is 1. The highest BCUT2D eigenvalue weighted by Gasteiger charge is 2.29. The van der Waals surface area contributed by atoms with Crippen LogP contribution in [0.2, 0.25) is 0 Å². The molecule has 0 bridgehead atoms. The van der Waals surface area contributed by atoms with Crippen molar-refractivity contribution in [3.8, 4) is 0 Å². The van der Waals surface area contributed by atoms with Crippen molar-refractivity contribution in [2.75, 3.05) is 0 Å². The lowest BCUT2D eigenvalue weighted by atomic mass is 9.84. The number of ketones is 1. The fourth-order valence-corrected chi connectivity index (χ4v) is 2.22. The molecule has 3 nitrogen and oxygen atoms in total. The molecule has 1 unspecified atom stereocenters. The van der Waals surface area contributed by atoms with Crippen molar-refractivity contribution in [2.24, 2.45) is 10.8 Å². The normalized spacial score (nSPS) is 13.9. The van der Waals surface area contributed by atoms with E-state index in [0.717, 1.165) is 19.3 Å². The largest absolute Gasteiger partial charge is 0.347 e. The standard InChI is InChI=1S/C17H33NO2/c1-13(19)18-14(15(20)17(5,6)7)11-9-8-10-12-16(2,3)4/h14H,8-12H2,1-7H3,(H,18,19). The van der Waals surface area contributed by atoms with Gasteiger partial charge >= 0.3 is 0 Å². The van der Waals surface area contributed by atoms with E-state index in [9.17, 15) is 9.59 Å². The zero-order valence-electron chi connectivity index (χ0n) is 14.4. The molecular weight excluding hydrogens is 250 g/mol. The van der Waals surface area contributed by atoms with Crippen molar-refractivity contribution in [3.63, 3.8) is 0 Å². The number of Topliss-reactive ketones (excluding diaryl/α,β-unsaturated/α-hetero) is 1. The predicted molar refractivity (Wildman–Crippen MR) is 84.6 cm³/mol. The number of unbranched alkanes of at least 4 members (excludes halogenated alkanes) is 2. The molecule has 0 fully saturated rings. The van der Waals surface area contributed by atoms with Gasteiger partial charge in [0.2, 0.25) is 5.91 Å². The summed E-state index contributed by atoms with van der Waals surface area (Å²) in [6.45, 7) is 13.9. The molecule has 0 aliphatic heterocycles. The average molecular weight is 283 g/mol. The van der Waals surface area contributed by atoms with Crippen molar-refractivity contribution in [1.82, 2.24) is 5.32 Å². The Balaban J connectivity index is 4.26. The van der Waals surface area contributed by atoms with E-state index in [1.54, 1.807) is 0 Å². The van der Waals surface area contributed by atoms with E-state index in [1.807, 2.05) is 20.8 Å². The van der Waals surface area contributed by atoms with Crippen molar-refractivity contribution < 1.29 is 9.59 Å². The van der Waals surface area contributed by atoms with Crippen molar-refractivity contribution in [1.29, 1.82) is 0 Å². The summed E-state index contributed by atoms with van der Waals surface area (Å²) in [6, 6.07) is -0.331. The van der Waals surface area contributed by atoms with Gasteiger partial charge in [-0.2, -0.15) is 0 Å². The van der Waals surface area contributed by atoms with Crippen LogP contribution in [0, 0.1) is 10.8 Å². The maximum Gasteiger partial charge on any atom is 0.217 e. The smallest absolute Gasteiger partial charge is 0.217 e. The molecule has 0 heterocycles. The van der Waals surface area contributed by atoms with Crippen LogP contribution in [0.15, 0.2) is 0 Å². The van der Waals surface area contributed by atoms with Gasteiger partial charge in [0.25, 0.3) is 0 Å². The number of hydrogen-bond donors (Lipinski definition) is 1. The van der Waals surface area contributed by atoms with Crippen LogP contribution in [0.4, 0.5) is 0 Å². The number of carbonyl (C=O) groups excluding carboxylic acids is 2. The summed E-state index contributed by atoms with van der Waals surface area (Å²) in [5, 5.41) is 2.80. The van der Waals surface area contributed by atoms with Crippen LogP contribution in [0.25, 0.3) is 0 Å². The monoisotopic (exact) mass is 283 g/mol. The Bertz CT molecular complexity index is 321. The molecule has 0 aromatic rings. The first-order valence-electron chi connectivity index (χ1n) is 7.75. The number of nitrogens with one attached hydrogen (secondary N) is 1. The lowest BCUT2D eigenvalue weighted by Crippen LogP contribution is -2.44. The maximum absolute atomic E-state index is 12.3. The summed E-state index contributed by atoms with van der Waals surface area (Å²) in [5.74, 6) is 0.00538. The molecule has 1 atom stereocenters. The molecule has 0 radical (unpaired) electrons. The topological polar surface area (TPSA) is 46.2 Å². The van der Waals surface area contributed by atoms with E-state index in [0.29, 0.717) is 5.41 Å². The number of rotatable bonds is 7. The van der Waals surface area contributed by atoms with Crippen molar-refractivity contribution >= 4 is 11.7 Å². The van der Waals surface area contributed by atoms with Gasteiger partial charge < -0.3 is 5.32 Å². The Kier molecular flexibility index (Phi) is 7.46. The molecule has 0 aliphatic rings. The van der Waals surface area contributed by atoms with Gasteiger partial charge in [0.15, 0.2) is 5.78 Å². The molecule has 0 aliphatic carbocycles. The zero-order valence-corrected chi connectivity index (χ0v) is 14.4. The lowest BCUT2D eigenvalue weighted by Gasteiger charge is -2.25. The Labute approximate surface area is 124 Å². The molecule has 0 aromatic carbocycles. The summed E-state index contributed by atoms with van der Waals surface area (Å²) in [7, 11) is 0. The number of hydrogen-bond acceptors (Lipinski definition) is 2. The summed E-state index contributed by atoms with van der Waals surface area (Å²) < 4.78 is 0. The highest BCUT2D eigenvalue weighted by Crippen LogP contribution is 2.23. The van der Waals surface area contributed by atoms with Gasteiger partial charge in [-0.15, -0.1) is 0 Å². The van der Waals surface area contributed by atoms with Crippen LogP contribution < -0.4 is 5.32 Å². The Morgan fingerprint density at radius 3 is 1.90 bits per heavy atom. The Morgan fingerprint density at radius 1 is 0.950 bits per heavy atom. The van der Waals surface area contributed by atoms with Crippen molar-refractivity contribution in [2.45, 2.75) is 86.6 Å². The molecule has 0 rings (SSSR count). The van der Waals surface area contributed by atoms with Gasteiger partial charge in [-0.1, -0.05) is 60.8 Å². The quantitative estimate of drug-likeness (QED) is 0.715. The summed E-state index contributed by atoms with van der Waals surface area (Å²) >= 11 is 0. The van der Waals surface area contributed by atoms with Gasteiger partial charge in [0.1, 0.15) is 0 Å². The first-order chi connectivity index (χ1) is 8.93. The molecule has 0 aromatic heterocycles. The summed E-state index contributed by atoms with van der Waals surface area (Å²) in [4.78, 5) is 23.6. The molecule has 0 saturated carbocycles. The zero-order chi connectivity index (χ0) is 16.0. The van der Waals surface area contributed by atoms with Crippen LogP contribution >= 0.6 is 0 Å². The van der Waals surface area contributed by atoms with Gasteiger partial charge in [0, 0.05) is 12.3 Å². The molecule has 3 heteroatoms. The third-order valence-corrected chi connectivity index (χ3v) is 3.35.